The summed E-state index contributed by atoms with van der Waals surface area (Å²) in [6, 6.07) is 27.3. The van der Waals surface area contributed by atoms with Crippen LogP contribution in [0.1, 0.15) is 30.4 Å². The van der Waals surface area contributed by atoms with Gasteiger partial charge < -0.3 is 0 Å². The second-order valence-electron chi connectivity index (χ2n) is 9.58. The van der Waals surface area contributed by atoms with Crippen molar-refractivity contribution >= 4 is 21.5 Å². The van der Waals surface area contributed by atoms with Crippen molar-refractivity contribution < 1.29 is 9.13 Å². The second kappa shape index (κ2) is 7.52. The molecule has 2 aliphatic heterocycles. The summed E-state index contributed by atoms with van der Waals surface area (Å²) in [6.07, 6.45) is 10.5. The average molecular weight is 429 g/mol. The third-order valence-electron chi connectivity index (χ3n) is 7.67. The number of pyridine rings is 2. The highest BCUT2D eigenvalue weighted by atomic mass is 15.0. The number of aryl methyl sites for hydroxylation is 4. The molecule has 0 amide bonds. The van der Waals surface area contributed by atoms with Crippen LogP contribution in [0.4, 0.5) is 0 Å². The lowest BCUT2D eigenvalue weighted by molar-refractivity contribution is -0.686. The maximum Gasteiger partial charge on any atom is 0.221 e. The summed E-state index contributed by atoms with van der Waals surface area (Å²) in [7, 11) is 0. The van der Waals surface area contributed by atoms with Gasteiger partial charge in [0, 0.05) is 25.0 Å². The molecular weight excluding hydrogens is 400 g/mol. The fraction of sp³-hybridized carbons (Fsp3) is 0.226. The van der Waals surface area contributed by atoms with Gasteiger partial charge in [0.05, 0.1) is 21.9 Å². The fourth-order valence-corrected chi connectivity index (χ4v) is 6.13. The Morgan fingerprint density at radius 3 is 1.61 bits per heavy atom. The molecule has 3 aromatic carbocycles. The van der Waals surface area contributed by atoms with Crippen LogP contribution in [0.2, 0.25) is 0 Å². The summed E-state index contributed by atoms with van der Waals surface area (Å²) in [6.45, 7) is 2.15. The van der Waals surface area contributed by atoms with Gasteiger partial charge in [-0.05, 0) is 53.3 Å². The van der Waals surface area contributed by atoms with Crippen molar-refractivity contribution in [3.8, 4) is 22.5 Å². The van der Waals surface area contributed by atoms with E-state index in [2.05, 4.69) is 94.3 Å². The highest BCUT2D eigenvalue weighted by Gasteiger charge is 2.33. The molecule has 0 radical (unpaired) electrons. The number of hydrogen-bond donors (Lipinski definition) is 0. The molecule has 0 unspecified atom stereocenters. The quantitative estimate of drug-likeness (QED) is 0.260. The number of nitrogens with zero attached hydrogens (tertiary/aromatic N) is 2. The van der Waals surface area contributed by atoms with Crippen molar-refractivity contribution in [2.24, 2.45) is 0 Å². The molecule has 0 bridgehead atoms. The van der Waals surface area contributed by atoms with E-state index in [9.17, 15) is 0 Å². The molecule has 0 fully saturated rings. The Labute approximate surface area is 194 Å². The standard InChI is InChI=1S/C31H28N2/c1-3-12-26-22(8-1)16-20-32-18-6-5-10-24-14-15-25-11-7-19-33-21-17-23-9-2-4-13-27(23)31(33)29(25)28(24)30(26)32/h1-4,8-9,12-17,20-21H,5-7,10-11,18-19H2/q+2. The zero-order valence-corrected chi connectivity index (χ0v) is 18.9. The second-order valence-corrected chi connectivity index (χ2v) is 9.58. The van der Waals surface area contributed by atoms with Crippen LogP contribution >= 0.6 is 0 Å². The average Bonchev–Trinajstić information content (AvgIpc) is 3.04. The van der Waals surface area contributed by atoms with Crippen molar-refractivity contribution in [3.63, 3.8) is 0 Å². The van der Waals surface area contributed by atoms with Crippen LogP contribution < -0.4 is 9.13 Å². The van der Waals surface area contributed by atoms with Gasteiger partial charge in [-0.3, -0.25) is 0 Å². The first kappa shape index (κ1) is 19.0. The molecule has 33 heavy (non-hydrogen) atoms. The molecular formula is C31H28N2+2. The highest BCUT2D eigenvalue weighted by Crippen LogP contribution is 2.42. The third-order valence-corrected chi connectivity index (χ3v) is 7.67. The van der Waals surface area contributed by atoms with E-state index in [4.69, 9.17) is 0 Å². The Morgan fingerprint density at radius 1 is 0.485 bits per heavy atom. The maximum atomic E-state index is 2.53. The lowest BCUT2D eigenvalue weighted by atomic mass is 9.85. The predicted octanol–water partition coefficient (Wildman–Crippen LogP) is 6.18. The molecule has 2 aromatic heterocycles. The molecule has 0 N–H and O–H groups in total. The molecule has 2 nitrogen and oxygen atoms in total. The van der Waals surface area contributed by atoms with Gasteiger partial charge in [0.15, 0.2) is 12.4 Å². The molecule has 0 atom stereocenters. The van der Waals surface area contributed by atoms with E-state index in [0.29, 0.717) is 0 Å². The number of hydrogen-bond acceptors (Lipinski definition) is 0. The minimum absolute atomic E-state index is 1.07. The van der Waals surface area contributed by atoms with Crippen LogP contribution in [-0.2, 0) is 25.9 Å². The van der Waals surface area contributed by atoms with Gasteiger partial charge in [-0.15, -0.1) is 0 Å². The minimum atomic E-state index is 1.07. The van der Waals surface area contributed by atoms with E-state index < -0.39 is 0 Å². The first-order chi connectivity index (χ1) is 16.4. The van der Waals surface area contributed by atoms with Gasteiger partial charge in [-0.1, -0.05) is 48.5 Å². The number of benzene rings is 3. The zero-order chi connectivity index (χ0) is 21.8. The van der Waals surface area contributed by atoms with Crippen LogP contribution in [-0.4, -0.2) is 0 Å². The zero-order valence-electron chi connectivity index (χ0n) is 18.9. The third kappa shape index (κ3) is 2.94. The molecule has 0 spiro atoms. The molecule has 2 heteroatoms. The van der Waals surface area contributed by atoms with Gasteiger partial charge in [-0.2, -0.15) is 9.13 Å². The number of fused-ring (bicyclic) bond motifs is 11. The van der Waals surface area contributed by atoms with E-state index >= 15 is 0 Å². The first-order valence-electron chi connectivity index (χ1n) is 12.4. The van der Waals surface area contributed by atoms with Gasteiger partial charge in [0.1, 0.15) is 13.1 Å². The number of rotatable bonds is 0. The Hall–Kier alpha value is -3.52. The van der Waals surface area contributed by atoms with Crippen molar-refractivity contribution in [1.29, 1.82) is 0 Å². The maximum absolute atomic E-state index is 2.53. The Kier molecular flexibility index (Phi) is 4.33. The monoisotopic (exact) mass is 428 g/mol. The van der Waals surface area contributed by atoms with Gasteiger partial charge in [0.25, 0.3) is 0 Å². The van der Waals surface area contributed by atoms with E-state index in [0.717, 1.165) is 25.9 Å². The summed E-state index contributed by atoms with van der Waals surface area (Å²) >= 11 is 0. The van der Waals surface area contributed by atoms with Crippen molar-refractivity contribution in [2.75, 3.05) is 0 Å². The summed E-state index contributed by atoms with van der Waals surface area (Å²) in [4.78, 5) is 0. The molecule has 160 valence electrons. The molecule has 0 aliphatic carbocycles. The molecule has 7 rings (SSSR count). The molecule has 2 aliphatic rings. The summed E-state index contributed by atoms with van der Waals surface area (Å²) in [5, 5.41) is 5.39. The van der Waals surface area contributed by atoms with Crippen LogP contribution in [0.15, 0.2) is 85.2 Å². The minimum Gasteiger partial charge on any atom is -0.198 e. The summed E-state index contributed by atoms with van der Waals surface area (Å²) in [5.41, 5.74) is 8.74. The summed E-state index contributed by atoms with van der Waals surface area (Å²) < 4.78 is 5.05. The molecule has 0 saturated heterocycles. The number of aromatic nitrogens is 2. The van der Waals surface area contributed by atoms with E-state index in [1.807, 2.05) is 0 Å². The molecule has 4 heterocycles. The van der Waals surface area contributed by atoms with Crippen LogP contribution in [0.3, 0.4) is 0 Å². The van der Waals surface area contributed by atoms with Gasteiger partial charge in [0.2, 0.25) is 11.4 Å². The molecule has 0 saturated carbocycles. The smallest absolute Gasteiger partial charge is 0.198 e. The Balaban J connectivity index is 1.68. The lowest BCUT2D eigenvalue weighted by Gasteiger charge is -2.20. The Bertz CT molecular complexity index is 1550. The van der Waals surface area contributed by atoms with Crippen molar-refractivity contribution in [3.05, 3.63) is 96.3 Å². The van der Waals surface area contributed by atoms with E-state index in [1.54, 1.807) is 0 Å². The van der Waals surface area contributed by atoms with E-state index in [1.165, 1.54) is 74.4 Å². The van der Waals surface area contributed by atoms with Gasteiger partial charge >= 0.3 is 0 Å². The first-order valence-corrected chi connectivity index (χ1v) is 12.4. The fourth-order valence-electron chi connectivity index (χ4n) is 6.13. The normalized spacial score (nSPS) is 15.0. The van der Waals surface area contributed by atoms with Crippen LogP contribution in [0, 0.1) is 0 Å². The SMILES string of the molecule is c1ccc2c3[n+](ccc2c1)CCCCc1ccc2c(c1-3)-c1c3ccccc3cc[n+]1CCC2. The molecule has 5 aromatic rings. The predicted molar refractivity (Wildman–Crippen MR) is 134 cm³/mol. The van der Waals surface area contributed by atoms with Crippen molar-refractivity contribution in [1.82, 2.24) is 0 Å². The van der Waals surface area contributed by atoms with E-state index in [-0.39, 0.29) is 0 Å². The largest absolute Gasteiger partial charge is 0.221 e. The van der Waals surface area contributed by atoms with Crippen LogP contribution in [0.25, 0.3) is 44.1 Å². The highest BCUT2D eigenvalue weighted by molar-refractivity contribution is 6.02. The van der Waals surface area contributed by atoms with Gasteiger partial charge in [-0.25, -0.2) is 0 Å². The Morgan fingerprint density at radius 2 is 1.00 bits per heavy atom. The summed E-state index contributed by atoms with van der Waals surface area (Å²) in [5.74, 6) is 0. The lowest BCUT2D eigenvalue weighted by Crippen LogP contribution is -2.38. The topological polar surface area (TPSA) is 7.76 Å². The van der Waals surface area contributed by atoms with Crippen molar-refractivity contribution in [2.45, 2.75) is 45.2 Å². The van der Waals surface area contributed by atoms with Crippen LogP contribution in [0.5, 0.6) is 0 Å².